The van der Waals surface area contributed by atoms with Gasteiger partial charge in [-0.3, -0.25) is 0 Å². The molecule has 0 bridgehead atoms. The molecule has 0 aliphatic rings. The molecule has 0 aliphatic heterocycles. The number of aryl methyl sites for hydroxylation is 1. The highest BCUT2D eigenvalue weighted by atomic mass is 15.1. The standard InChI is InChI=1S/C13H21N5/c1-11(2)18-10-15-9-12(18)8-14-5-4-13-16-6-7-17(13)3/h6-7,9-11,14H,4-5,8H2,1-3H3. The first-order valence-corrected chi connectivity index (χ1v) is 6.36. The molecule has 0 unspecified atom stereocenters. The summed E-state index contributed by atoms with van der Waals surface area (Å²) in [6.45, 7) is 6.11. The van der Waals surface area contributed by atoms with Crippen molar-refractivity contribution >= 4 is 0 Å². The number of hydrogen-bond donors (Lipinski definition) is 1. The zero-order valence-electron chi connectivity index (χ0n) is 11.3. The van der Waals surface area contributed by atoms with Gasteiger partial charge in [0.1, 0.15) is 5.82 Å². The molecule has 0 atom stereocenters. The van der Waals surface area contributed by atoms with Crippen molar-refractivity contribution < 1.29 is 0 Å². The summed E-state index contributed by atoms with van der Waals surface area (Å²) >= 11 is 0. The Bertz CT molecular complexity index is 483. The first kappa shape index (κ1) is 12.8. The Hall–Kier alpha value is -1.62. The molecule has 1 N–H and O–H groups in total. The van der Waals surface area contributed by atoms with E-state index in [0.29, 0.717) is 6.04 Å². The zero-order valence-corrected chi connectivity index (χ0v) is 11.3. The van der Waals surface area contributed by atoms with Gasteiger partial charge in [0.15, 0.2) is 0 Å². The number of nitrogens with one attached hydrogen (secondary N) is 1. The summed E-state index contributed by atoms with van der Waals surface area (Å²) in [6.07, 6.45) is 8.57. The highest BCUT2D eigenvalue weighted by molar-refractivity contribution is 4.99. The minimum Gasteiger partial charge on any atom is -0.338 e. The summed E-state index contributed by atoms with van der Waals surface area (Å²) in [4.78, 5) is 8.49. The van der Waals surface area contributed by atoms with Crippen molar-refractivity contribution in [2.75, 3.05) is 6.54 Å². The van der Waals surface area contributed by atoms with E-state index in [-0.39, 0.29) is 0 Å². The van der Waals surface area contributed by atoms with Crippen LogP contribution < -0.4 is 5.32 Å². The minimum absolute atomic E-state index is 0.457. The van der Waals surface area contributed by atoms with Crippen molar-refractivity contribution in [2.45, 2.75) is 32.9 Å². The van der Waals surface area contributed by atoms with Crippen molar-refractivity contribution in [1.82, 2.24) is 24.4 Å². The Morgan fingerprint density at radius 3 is 2.89 bits per heavy atom. The van der Waals surface area contributed by atoms with Crippen LogP contribution in [-0.4, -0.2) is 25.6 Å². The maximum absolute atomic E-state index is 4.30. The first-order valence-electron chi connectivity index (χ1n) is 6.36. The molecule has 0 fully saturated rings. The molecule has 98 valence electrons. The van der Waals surface area contributed by atoms with Crippen molar-refractivity contribution in [3.8, 4) is 0 Å². The monoisotopic (exact) mass is 247 g/mol. The van der Waals surface area contributed by atoms with Gasteiger partial charge in [0.05, 0.1) is 12.0 Å². The van der Waals surface area contributed by atoms with Crippen LogP contribution in [0.3, 0.4) is 0 Å². The quantitative estimate of drug-likeness (QED) is 0.788. The Morgan fingerprint density at radius 1 is 1.39 bits per heavy atom. The average molecular weight is 247 g/mol. The second kappa shape index (κ2) is 5.82. The van der Waals surface area contributed by atoms with Crippen LogP contribution in [0, 0.1) is 0 Å². The summed E-state index contributed by atoms with van der Waals surface area (Å²) in [6, 6.07) is 0.457. The van der Waals surface area contributed by atoms with Gasteiger partial charge in [-0.25, -0.2) is 9.97 Å². The highest BCUT2D eigenvalue weighted by Gasteiger charge is 2.05. The predicted molar refractivity (Wildman–Crippen MR) is 71.2 cm³/mol. The molecule has 2 rings (SSSR count). The van der Waals surface area contributed by atoms with E-state index in [1.165, 1.54) is 5.69 Å². The molecule has 5 heteroatoms. The molecular formula is C13H21N5. The van der Waals surface area contributed by atoms with Gasteiger partial charge in [0.2, 0.25) is 0 Å². The van der Waals surface area contributed by atoms with E-state index in [4.69, 9.17) is 0 Å². The van der Waals surface area contributed by atoms with Crippen LogP contribution in [0.25, 0.3) is 0 Å². The third kappa shape index (κ3) is 2.98. The summed E-state index contributed by atoms with van der Waals surface area (Å²) in [5.41, 5.74) is 1.23. The van der Waals surface area contributed by atoms with Crippen molar-refractivity contribution in [3.05, 3.63) is 36.4 Å². The highest BCUT2D eigenvalue weighted by Crippen LogP contribution is 2.08. The summed E-state index contributed by atoms with van der Waals surface area (Å²) < 4.78 is 4.24. The number of nitrogens with zero attached hydrogens (tertiary/aromatic N) is 4. The lowest BCUT2D eigenvalue weighted by atomic mass is 10.3. The van der Waals surface area contributed by atoms with Crippen LogP contribution in [0.4, 0.5) is 0 Å². The maximum atomic E-state index is 4.30. The van der Waals surface area contributed by atoms with Crippen LogP contribution >= 0.6 is 0 Å². The van der Waals surface area contributed by atoms with Gasteiger partial charge in [0.25, 0.3) is 0 Å². The van der Waals surface area contributed by atoms with Crippen molar-refractivity contribution in [2.24, 2.45) is 7.05 Å². The largest absolute Gasteiger partial charge is 0.338 e. The Kier molecular flexibility index (Phi) is 4.15. The molecule has 2 aromatic heterocycles. The minimum atomic E-state index is 0.457. The van der Waals surface area contributed by atoms with E-state index in [0.717, 1.165) is 25.3 Å². The predicted octanol–water partition coefficient (Wildman–Crippen LogP) is 1.53. The number of hydrogen-bond acceptors (Lipinski definition) is 3. The van der Waals surface area contributed by atoms with Crippen LogP contribution in [0.5, 0.6) is 0 Å². The first-order chi connectivity index (χ1) is 8.68. The van der Waals surface area contributed by atoms with Gasteiger partial charge in [-0.15, -0.1) is 0 Å². The Balaban J connectivity index is 1.79. The summed E-state index contributed by atoms with van der Waals surface area (Å²) in [5, 5.41) is 3.43. The normalized spacial score (nSPS) is 11.3. The molecule has 0 amide bonds. The third-order valence-electron chi connectivity index (χ3n) is 3.06. The van der Waals surface area contributed by atoms with Gasteiger partial charge in [0, 0.05) is 51.2 Å². The SMILES string of the molecule is CC(C)n1cncc1CNCCc1nccn1C. The fourth-order valence-electron chi connectivity index (χ4n) is 1.99. The lowest BCUT2D eigenvalue weighted by molar-refractivity contribution is 0.548. The van der Waals surface area contributed by atoms with Gasteiger partial charge >= 0.3 is 0 Å². The van der Waals surface area contributed by atoms with Gasteiger partial charge < -0.3 is 14.5 Å². The second-order valence-electron chi connectivity index (χ2n) is 4.77. The fraction of sp³-hybridized carbons (Fsp3) is 0.538. The lowest BCUT2D eigenvalue weighted by Gasteiger charge is -2.12. The fourth-order valence-corrected chi connectivity index (χ4v) is 1.99. The van der Waals surface area contributed by atoms with Crippen molar-refractivity contribution in [3.63, 3.8) is 0 Å². The number of aromatic nitrogens is 4. The smallest absolute Gasteiger partial charge is 0.109 e. The van der Waals surface area contributed by atoms with E-state index in [1.807, 2.05) is 32.0 Å². The summed E-state index contributed by atoms with van der Waals surface area (Å²) in [5.74, 6) is 1.11. The van der Waals surface area contributed by atoms with Crippen LogP contribution in [0.2, 0.25) is 0 Å². The van der Waals surface area contributed by atoms with E-state index < -0.39 is 0 Å². The van der Waals surface area contributed by atoms with E-state index >= 15 is 0 Å². The topological polar surface area (TPSA) is 47.7 Å². The Labute approximate surface area is 108 Å². The van der Waals surface area contributed by atoms with Gasteiger partial charge in [-0.05, 0) is 13.8 Å². The summed E-state index contributed by atoms with van der Waals surface area (Å²) in [7, 11) is 2.02. The van der Waals surface area contributed by atoms with Gasteiger partial charge in [-0.1, -0.05) is 0 Å². The van der Waals surface area contributed by atoms with Gasteiger partial charge in [-0.2, -0.15) is 0 Å². The maximum Gasteiger partial charge on any atom is 0.109 e. The Morgan fingerprint density at radius 2 is 2.22 bits per heavy atom. The molecule has 2 heterocycles. The number of imidazole rings is 2. The van der Waals surface area contributed by atoms with E-state index in [2.05, 4.69) is 38.3 Å². The van der Waals surface area contributed by atoms with Crippen LogP contribution in [-0.2, 0) is 20.0 Å². The lowest BCUT2D eigenvalue weighted by Crippen LogP contribution is -2.20. The molecule has 5 nitrogen and oxygen atoms in total. The zero-order chi connectivity index (χ0) is 13.0. The van der Waals surface area contributed by atoms with E-state index in [1.54, 1.807) is 0 Å². The molecule has 0 saturated heterocycles. The third-order valence-corrected chi connectivity index (χ3v) is 3.06. The molecule has 0 saturated carbocycles. The van der Waals surface area contributed by atoms with Crippen molar-refractivity contribution in [1.29, 1.82) is 0 Å². The van der Waals surface area contributed by atoms with Crippen LogP contribution in [0.1, 0.15) is 31.4 Å². The molecule has 0 radical (unpaired) electrons. The molecule has 0 aromatic carbocycles. The van der Waals surface area contributed by atoms with Crippen LogP contribution in [0.15, 0.2) is 24.9 Å². The van der Waals surface area contributed by atoms with E-state index in [9.17, 15) is 0 Å². The molecule has 0 aliphatic carbocycles. The average Bonchev–Trinajstić information content (AvgIpc) is 2.94. The second-order valence-corrected chi connectivity index (χ2v) is 4.77. The molecule has 18 heavy (non-hydrogen) atoms. The number of rotatable bonds is 6. The molecular weight excluding hydrogens is 226 g/mol. The molecule has 2 aromatic rings. The molecule has 0 spiro atoms.